The molecule has 3 rings (SSSR count). The van der Waals surface area contributed by atoms with Crippen molar-refractivity contribution in [1.29, 1.82) is 5.26 Å². The lowest BCUT2D eigenvalue weighted by Gasteiger charge is -2.05. The summed E-state index contributed by atoms with van der Waals surface area (Å²) < 4.78 is 0. The first-order valence-electron chi connectivity index (χ1n) is 6.16. The zero-order valence-electron chi connectivity index (χ0n) is 10.2. The van der Waals surface area contributed by atoms with Crippen LogP contribution >= 0.6 is 0 Å². The van der Waals surface area contributed by atoms with Crippen molar-refractivity contribution in [3.63, 3.8) is 0 Å². The molecule has 94 valence electrons. The van der Waals surface area contributed by atoms with Crippen LogP contribution in [0.2, 0.25) is 0 Å². The minimum Gasteiger partial charge on any atom is -0.387 e. The summed E-state index contributed by atoms with van der Waals surface area (Å²) in [5.74, 6) is 0.343. The molecule has 2 aromatic rings. The number of fused-ring (bicyclic) bond motifs is 1. The first kappa shape index (κ1) is 11.5. The van der Waals surface area contributed by atoms with Gasteiger partial charge in [-0.2, -0.15) is 5.26 Å². The van der Waals surface area contributed by atoms with Crippen molar-refractivity contribution in [2.45, 2.75) is 12.8 Å². The first-order chi connectivity index (χ1) is 9.29. The van der Waals surface area contributed by atoms with E-state index in [1.165, 1.54) is 0 Å². The molecule has 1 aliphatic heterocycles. The van der Waals surface area contributed by atoms with Crippen LogP contribution in [0.4, 0.5) is 0 Å². The standard InChI is InChI=1S/C14H12N4O/c15-8-10(11-6-3-7-16-11)13-17-12-5-2-1-4-9(12)14(19)18-13/h1-2,4-5,16H,3,6-7H2,(H,17,18,19). The van der Waals surface area contributed by atoms with Crippen LogP contribution in [0.1, 0.15) is 18.7 Å². The molecule has 0 bridgehead atoms. The van der Waals surface area contributed by atoms with Crippen LogP contribution < -0.4 is 10.9 Å². The van der Waals surface area contributed by atoms with Crippen LogP contribution in [0.25, 0.3) is 16.5 Å². The molecular formula is C14H12N4O. The SMILES string of the molecule is N#CC(=C1CCCN1)c1nc2ccccc2c(=O)[nH]1. The van der Waals surface area contributed by atoms with E-state index in [9.17, 15) is 10.1 Å². The van der Waals surface area contributed by atoms with Crippen molar-refractivity contribution in [3.05, 3.63) is 46.1 Å². The molecule has 0 atom stereocenters. The molecule has 5 heteroatoms. The van der Waals surface area contributed by atoms with E-state index in [4.69, 9.17) is 0 Å². The molecule has 1 fully saturated rings. The molecule has 0 aliphatic carbocycles. The summed E-state index contributed by atoms with van der Waals surface area (Å²) in [5, 5.41) is 13.0. The Morgan fingerprint density at radius 3 is 2.95 bits per heavy atom. The van der Waals surface area contributed by atoms with Crippen molar-refractivity contribution in [2.75, 3.05) is 6.54 Å². The second-order valence-electron chi connectivity index (χ2n) is 4.43. The second kappa shape index (κ2) is 4.58. The van der Waals surface area contributed by atoms with E-state index in [0.29, 0.717) is 22.3 Å². The number of benzene rings is 1. The third-order valence-corrected chi connectivity index (χ3v) is 3.21. The zero-order chi connectivity index (χ0) is 13.2. The number of allylic oxidation sites excluding steroid dienone is 2. The Kier molecular flexibility index (Phi) is 2.76. The average molecular weight is 252 g/mol. The van der Waals surface area contributed by atoms with E-state index in [1.807, 2.05) is 6.07 Å². The summed E-state index contributed by atoms with van der Waals surface area (Å²) in [6.07, 6.45) is 1.82. The number of para-hydroxylation sites is 1. The molecular weight excluding hydrogens is 240 g/mol. The Hall–Kier alpha value is -2.61. The van der Waals surface area contributed by atoms with Gasteiger partial charge in [-0.05, 0) is 25.0 Å². The van der Waals surface area contributed by atoms with Crippen molar-refractivity contribution in [3.8, 4) is 6.07 Å². The molecule has 1 saturated heterocycles. The number of nitrogens with one attached hydrogen (secondary N) is 2. The summed E-state index contributed by atoms with van der Waals surface area (Å²) in [4.78, 5) is 19.1. The summed E-state index contributed by atoms with van der Waals surface area (Å²) >= 11 is 0. The highest BCUT2D eigenvalue weighted by atomic mass is 16.1. The summed E-state index contributed by atoms with van der Waals surface area (Å²) in [6.45, 7) is 0.859. The summed E-state index contributed by atoms with van der Waals surface area (Å²) in [6, 6.07) is 9.25. The predicted octanol–water partition coefficient (Wildman–Crippen LogP) is 1.54. The van der Waals surface area contributed by atoms with Gasteiger partial charge in [0, 0.05) is 12.2 Å². The molecule has 0 spiro atoms. The van der Waals surface area contributed by atoms with Crippen LogP contribution in [-0.4, -0.2) is 16.5 Å². The van der Waals surface area contributed by atoms with Gasteiger partial charge in [0.25, 0.3) is 5.56 Å². The van der Waals surface area contributed by atoms with Crippen LogP contribution in [0.15, 0.2) is 34.8 Å². The van der Waals surface area contributed by atoms with Crippen molar-refractivity contribution in [2.24, 2.45) is 0 Å². The van der Waals surface area contributed by atoms with E-state index in [2.05, 4.69) is 21.4 Å². The average Bonchev–Trinajstić information content (AvgIpc) is 2.94. The number of hydrogen-bond donors (Lipinski definition) is 2. The third-order valence-electron chi connectivity index (χ3n) is 3.21. The van der Waals surface area contributed by atoms with Gasteiger partial charge in [-0.3, -0.25) is 4.79 Å². The van der Waals surface area contributed by atoms with E-state index in [1.54, 1.807) is 18.2 Å². The molecule has 0 amide bonds. The van der Waals surface area contributed by atoms with Gasteiger partial charge in [-0.25, -0.2) is 4.98 Å². The van der Waals surface area contributed by atoms with Crippen LogP contribution in [0, 0.1) is 11.3 Å². The number of nitrogens with zero attached hydrogens (tertiary/aromatic N) is 2. The minimum atomic E-state index is -0.216. The van der Waals surface area contributed by atoms with E-state index < -0.39 is 0 Å². The van der Waals surface area contributed by atoms with Gasteiger partial charge in [0.15, 0.2) is 5.82 Å². The molecule has 5 nitrogen and oxygen atoms in total. The summed E-state index contributed by atoms with van der Waals surface area (Å²) in [5.41, 5.74) is 1.68. The Labute approximate surface area is 109 Å². The first-order valence-corrected chi connectivity index (χ1v) is 6.16. The van der Waals surface area contributed by atoms with Crippen molar-refractivity contribution < 1.29 is 0 Å². The van der Waals surface area contributed by atoms with Gasteiger partial charge in [0.05, 0.1) is 10.9 Å². The number of rotatable bonds is 1. The molecule has 1 aromatic carbocycles. The maximum atomic E-state index is 12.0. The zero-order valence-corrected chi connectivity index (χ0v) is 10.2. The quantitative estimate of drug-likeness (QED) is 0.754. The lowest BCUT2D eigenvalue weighted by atomic mass is 10.1. The van der Waals surface area contributed by atoms with Gasteiger partial charge in [0.1, 0.15) is 11.6 Å². The highest BCUT2D eigenvalue weighted by Gasteiger charge is 2.16. The second-order valence-corrected chi connectivity index (χ2v) is 4.43. The minimum absolute atomic E-state index is 0.216. The van der Waals surface area contributed by atoms with Crippen LogP contribution in [0.3, 0.4) is 0 Å². The topological polar surface area (TPSA) is 81.6 Å². The summed E-state index contributed by atoms with van der Waals surface area (Å²) in [7, 11) is 0. The highest BCUT2D eigenvalue weighted by Crippen LogP contribution is 2.20. The van der Waals surface area contributed by atoms with Gasteiger partial charge in [0.2, 0.25) is 0 Å². The normalized spacial score (nSPS) is 17.0. The van der Waals surface area contributed by atoms with Crippen LogP contribution in [0.5, 0.6) is 0 Å². The van der Waals surface area contributed by atoms with Gasteiger partial charge in [-0.15, -0.1) is 0 Å². The molecule has 0 radical (unpaired) electrons. The Bertz CT molecular complexity index is 759. The Balaban J connectivity index is 2.23. The lowest BCUT2D eigenvalue weighted by Crippen LogP contribution is -2.13. The van der Waals surface area contributed by atoms with Crippen LogP contribution in [-0.2, 0) is 0 Å². The van der Waals surface area contributed by atoms with E-state index >= 15 is 0 Å². The van der Waals surface area contributed by atoms with Gasteiger partial charge >= 0.3 is 0 Å². The number of aromatic amines is 1. The molecule has 1 aromatic heterocycles. The van der Waals surface area contributed by atoms with Gasteiger partial charge in [-0.1, -0.05) is 12.1 Å². The van der Waals surface area contributed by atoms with Gasteiger partial charge < -0.3 is 10.3 Å². The number of aromatic nitrogens is 2. The molecule has 2 heterocycles. The number of H-pyrrole nitrogens is 1. The fourth-order valence-electron chi connectivity index (χ4n) is 2.27. The molecule has 2 N–H and O–H groups in total. The van der Waals surface area contributed by atoms with E-state index in [-0.39, 0.29) is 5.56 Å². The fraction of sp³-hybridized carbons (Fsp3) is 0.214. The molecule has 0 unspecified atom stereocenters. The third kappa shape index (κ3) is 1.97. The predicted molar refractivity (Wildman–Crippen MR) is 72.1 cm³/mol. The number of hydrogen-bond acceptors (Lipinski definition) is 4. The Morgan fingerprint density at radius 1 is 1.37 bits per heavy atom. The fourth-order valence-corrected chi connectivity index (χ4v) is 2.27. The van der Waals surface area contributed by atoms with E-state index in [0.717, 1.165) is 25.1 Å². The molecule has 1 aliphatic rings. The maximum absolute atomic E-state index is 12.0. The smallest absolute Gasteiger partial charge is 0.259 e. The largest absolute Gasteiger partial charge is 0.387 e. The molecule has 19 heavy (non-hydrogen) atoms. The van der Waals surface area contributed by atoms with Crippen molar-refractivity contribution in [1.82, 2.24) is 15.3 Å². The number of nitriles is 1. The maximum Gasteiger partial charge on any atom is 0.259 e. The molecule has 0 saturated carbocycles. The highest BCUT2D eigenvalue weighted by molar-refractivity contribution is 5.82. The monoisotopic (exact) mass is 252 g/mol. The van der Waals surface area contributed by atoms with Crippen molar-refractivity contribution >= 4 is 16.5 Å². The lowest BCUT2D eigenvalue weighted by molar-refractivity contribution is 0.903. The Morgan fingerprint density at radius 2 is 2.21 bits per heavy atom.